The smallest absolute Gasteiger partial charge is 0.343 e. The summed E-state index contributed by atoms with van der Waals surface area (Å²) >= 11 is 1.53. The van der Waals surface area contributed by atoms with Gasteiger partial charge in [-0.1, -0.05) is 71.3 Å². The van der Waals surface area contributed by atoms with Gasteiger partial charge in [0.1, 0.15) is 0 Å². The summed E-state index contributed by atoms with van der Waals surface area (Å²) in [7, 11) is 0. The second kappa shape index (κ2) is 15.0. The fourth-order valence-corrected chi connectivity index (χ4v) is 2.83. The number of rotatable bonds is 14. The van der Waals surface area contributed by atoms with Gasteiger partial charge >= 0.3 is 5.97 Å². The Morgan fingerprint density at radius 1 is 0.900 bits per heavy atom. The summed E-state index contributed by atoms with van der Waals surface area (Å²) in [5.74, 6) is 0.721. The van der Waals surface area contributed by atoms with Crippen molar-refractivity contribution in [2.45, 2.75) is 78.1 Å². The van der Waals surface area contributed by atoms with E-state index in [1.165, 1.54) is 76.0 Å². The summed E-state index contributed by atoms with van der Waals surface area (Å²) in [4.78, 5) is 11.9. The lowest BCUT2D eigenvalue weighted by Crippen LogP contribution is -2.04. The second-order valence-corrected chi connectivity index (χ2v) is 6.36. The highest BCUT2D eigenvalue weighted by Crippen LogP contribution is 2.18. The Balaban J connectivity index is 3.20. The predicted molar refractivity (Wildman–Crippen MR) is 90.1 cm³/mol. The Hall–Kier alpha value is -0.440. The molecular formula is C17H32O2S. The van der Waals surface area contributed by atoms with Crippen molar-refractivity contribution in [2.24, 2.45) is 0 Å². The van der Waals surface area contributed by atoms with Gasteiger partial charge in [0.05, 0.1) is 11.5 Å². The van der Waals surface area contributed by atoms with Gasteiger partial charge in [0.15, 0.2) is 0 Å². The van der Waals surface area contributed by atoms with Gasteiger partial charge in [-0.05, 0) is 19.1 Å². The van der Waals surface area contributed by atoms with Crippen LogP contribution in [0.2, 0.25) is 0 Å². The first-order chi connectivity index (χ1) is 9.72. The zero-order chi connectivity index (χ0) is 15.1. The molecule has 0 aliphatic rings. The number of carbonyl (C=O) groups is 1. The lowest BCUT2D eigenvalue weighted by atomic mass is 10.1. The summed E-state index contributed by atoms with van der Waals surface area (Å²) < 4.78 is 4.89. The molecule has 0 unspecified atom stereocenters. The molecule has 0 aromatic carbocycles. The molecule has 0 spiro atoms. The zero-order valence-corrected chi connectivity index (χ0v) is 14.2. The van der Waals surface area contributed by atoms with E-state index in [1.807, 2.05) is 6.92 Å². The number of unbranched alkanes of at least 4 members (excludes halogenated alkanes) is 9. The molecule has 0 bridgehead atoms. The van der Waals surface area contributed by atoms with Crippen molar-refractivity contribution >= 4 is 17.7 Å². The summed E-state index contributed by atoms with van der Waals surface area (Å²) in [6.07, 6.45) is 13.4. The standard InChI is InChI=1S/C17H32O2S/c1-4-6-7-8-9-10-11-12-13-14-15-20-16(3)17(18)19-5-2/h3-15H2,1-2H3. The normalized spacial score (nSPS) is 10.5. The highest BCUT2D eigenvalue weighted by molar-refractivity contribution is 8.03. The number of hydrogen-bond acceptors (Lipinski definition) is 3. The van der Waals surface area contributed by atoms with Crippen molar-refractivity contribution in [1.29, 1.82) is 0 Å². The third-order valence-corrected chi connectivity index (χ3v) is 4.29. The van der Waals surface area contributed by atoms with Crippen LogP contribution < -0.4 is 0 Å². The Kier molecular flexibility index (Phi) is 14.6. The molecule has 0 saturated heterocycles. The lowest BCUT2D eigenvalue weighted by molar-refractivity contribution is -0.137. The average Bonchev–Trinajstić information content (AvgIpc) is 2.44. The minimum absolute atomic E-state index is 0.260. The van der Waals surface area contributed by atoms with Gasteiger partial charge in [-0.15, -0.1) is 11.8 Å². The van der Waals surface area contributed by atoms with Gasteiger partial charge in [0, 0.05) is 0 Å². The van der Waals surface area contributed by atoms with E-state index in [2.05, 4.69) is 13.5 Å². The Morgan fingerprint density at radius 2 is 1.40 bits per heavy atom. The highest BCUT2D eigenvalue weighted by Gasteiger charge is 2.07. The largest absolute Gasteiger partial charge is 0.462 e. The molecule has 0 heterocycles. The molecule has 0 atom stereocenters. The van der Waals surface area contributed by atoms with E-state index in [-0.39, 0.29) is 5.97 Å². The second-order valence-electron chi connectivity index (χ2n) is 5.17. The zero-order valence-electron chi connectivity index (χ0n) is 13.4. The Labute approximate surface area is 129 Å². The predicted octanol–water partition coefficient (Wildman–Crippen LogP) is 5.72. The number of hydrogen-bond donors (Lipinski definition) is 0. The molecule has 0 aromatic heterocycles. The van der Waals surface area contributed by atoms with Crippen LogP contribution >= 0.6 is 11.8 Å². The first kappa shape index (κ1) is 19.6. The third kappa shape index (κ3) is 12.6. The first-order valence-electron chi connectivity index (χ1n) is 8.21. The van der Waals surface area contributed by atoms with Crippen LogP contribution in [-0.4, -0.2) is 18.3 Å². The molecule has 2 nitrogen and oxygen atoms in total. The molecular weight excluding hydrogens is 268 g/mol. The number of carbonyl (C=O) groups excluding carboxylic acids is 1. The van der Waals surface area contributed by atoms with Crippen molar-refractivity contribution in [3.63, 3.8) is 0 Å². The quantitative estimate of drug-likeness (QED) is 0.233. The summed E-state index contributed by atoms with van der Waals surface area (Å²) in [5, 5.41) is 0. The van der Waals surface area contributed by atoms with Crippen LogP contribution in [-0.2, 0) is 9.53 Å². The molecule has 0 N–H and O–H groups in total. The molecule has 20 heavy (non-hydrogen) atoms. The maximum Gasteiger partial charge on any atom is 0.343 e. The van der Waals surface area contributed by atoms with E-state index in [0.717, 1.165) is 5.75 Å². The minimum Gasteiger partial charge on any atom is -0.462 e. The van der Waals surface area contributed by atoms with Crippen LogP contribution in [0.15, 0.2) is 11.5 Å². The fourth-order valence-electron chi connectivity index (χ4n) is 2.06. The molecule has 0 radical (unpaired) electrons. The third-order valence-electron chi connectivity index (χ3n) is 3.28. The van der Waals surface area contributed by atoms with Crippen molar-refractivity contribution < 1.29 is 9.53 Å². The van der Waals surface area contributed by atoms with Gasteiger partial charge in [0.25, 0.3) is 0 Å². The van der Waals surface area contributed by atoms with Crippen LogP contribution in [0.5, 0.6) is 0 Å². The highest BCUT2D eigenvalue weighted by atomic mass is 32.2. The van der Waals surface area contributed by atoms with E-state index in [0.29, 0.717) is 11.5 Å². The molecule has 0 aliphatic heterocycles. The number of thioether (sulfide) groups is 1. The topological polar surface area (TPSA) is 26.3 Å². The van der Waals surface area contributed by atoms with Crippen LogP contribution in [0, 0.1) is 0 Å². The molecule has 0 saturated carbocycles. The van der Waals surface area contributed by atoms with Crippen molar-refractivity contribution in [2.75, 3.05) is 12.4 Å². The van der Waals surface area contributed by atoms with E-state index < -0.39 is 0 Å². The lowest BCUT2D eigenvalue weighted by Gasteiger charge is -2.05. The van der Waals surface area contributed by atoms with Gasteiger partial charge in [-0.3, -0.25) is 0 Å². The molecule has 0 amide bonds. The first-order valence-corrected chi connectivity index (χ1v) is 9.19. The summed E-state index contributed by atoms with van der Waals surface area (Å²) in [6, 6.07) is 0. The van der Waals surface area contributed by atoms with Gasteiger partial charge in [-0.2, -0.15) is 0 Å². The van der Waals surface area contributed by atoms with Crippen LogP contribution in [0.3, 0.4) is 0 Å². The number of ether oxygens (including phenoxy) is 1. The molecule has 0 aliphatic carbocycles. The van der Waals surface area contributed by atoms with Gasteiger partial charge < -0.3 is 4.74 Å². The van der Waals surface area contributed by atoms with E-state index in [4.69, 9.17) is 4.74 Å². The molecule has 118 valence electrons. The SMILES string of the molecule is C=C(SCCCCCCCCCCCC)C(=O)OCC. The van der Waals surface area contributed by atoms with Crippen molar-refractivity contribution in [3.8, 4) is 0 Å². The van der Waals surface area contributed by atoms with Crippen molar-refractivity contribution in [3.05, 3.63) is 11.5 Å². The van der Waals surface area contributed by atoms with E-state index >= 15 is 0 Å². The molecule has 3 heteroatoms. The summed E-state index contributed by atoms with van der Waals surface area (Å²) in [6.45, 7) is 8.25. The maximum atomic E-state index is 11.3. The number of esters is 1. The minimum atomic E-state index is -0.260. The van der Waals surface area contributed by atoms with Crippen molar-refractivity contribution in [1.82, 2.24) is 0 Å². The van der Waals surface area contributed by atoms with E-state index in [1.54, 1.807) is 0 Å². The fraction of sp³-hybridized carbons (Fsp3) is 0.824. The van der Waals surface area contributed by atoms with Crippen LogP contribution in [0.25, 0.3) is 0 Å². The maximum absolute atomic E-state index is 11.3. The monoisotopic (exact) mass is 300 g/mol. The average molecular weight is 301 g/mol. The molecule has 0 fully saturated rings. The summed E-state index contributed by atoms with van der Waals surface area (Å²) in [5.41, 5.74) is 0. The van der Waals surface area contributed by atoms with E-state index in [9.17, 15) is 4.79 Å². The Morgan fingerprint density at radius 3 is 1.90 bits per heavy atom. The van der Waals surface area contributed by atoms with Gasteiger partial charge in [-0.25, -0.2) is 4.79 Å². The van der Waals surface area contributed by atoms with Crippen LogP contribution in [0.1, 0.15) is 78.1 Å². The molecule has 0 rings (SSSR count). The molecule has 0 aromatic rings. The van der Waals surface area contributed by atoms with Gasteiger partial charge in [0.2, 0.25) is 0 Å². The Bertz CT molecular complexity index is 251. The van der Waals surface area contributed by atoms with Crippen LogP contribution in [0.4, 0.5) is 0 Å².